The summed E-state index contributed by atoms with van der Waals surface area (Å²) < 4.78 is 36.8. The van der Waals surface area contributed by atoms with Gasteiger partial charge in [0, 0.05) is 23.2 Å². The molecule has 4 rings (SSSR count). The van der Waals surface area contributed by atoms with Crippen LogP contribution in [0.15, 0.2) is 58.6 Å². The molecule has 0 saturated carbocycles. The van der Waals surface area contributed by atoms with Gasteiger partial charge in [-0.3, -0.25) is 14.6 Å². The van der Waals surface area contributed by atoms with Gasteiger partial charge in [-0.15, -0.1) is 0 Å². The third kappa shape index (κ3) is 9.28. The zero-order valence-electron chi connectivity index (χ0n) is 22.8. The highest BCUT2D eigenvalue weighted by molar-refractivity contribution is 8.18. The second kappa shape index (κ2) is 14.2. The number of carbonyl (C=O) groups is 4. The van der Waals surface area contributed by atoms with Gasteiger partial charge >= 0.3 is 18.1 Å². The van der Waals surface area contributed by atoms with Gasteiger partial charge in [0.1, 0.15) is 0 Å². The molecule has 2 heterocycles. The van der Waals surface area contributed by atoms with Crippen LogP contribution in [0.25, 0.3) is 17.0 Å². The van der Waals surface area contributed by atoms with E-state index in [2.05, 4.69) is 20.6 Å². The van der Waals surface area contributed by atoms with Crippen LogP contribution >= 0.6 is 23.4 Å². The van der Waals surface area contributed by atoms with Crippen LogP contribution in [0.3, 0.4) is 0 Å². The molecule has 0 radical (unpaired) electrons. The number of carboxylic acids is 1. The number of esters is 1. The highest BCUT2D eigenvalue weighted by Crippen LogP contribution is 2.33. The molecular weight excluding hydrogens is 613 g/mol. The van der Waals surface area contributed by atoms with Crippen molar-refractivity contribution in [3.8, 4) is 0 Å². The molecule has 0 saturated heterocycles. The number of rotatable bonds is 6. The number of amides is 2. The fourth-order valence-corrected chi connectivity index (χ4v) is 4.27. The van der Waals surface area contributed by atoms with Crippen molar-refractivity contribution >= 4 is 80.6 Å². The van der Waals surface area contributed by atoms with E-state index in [9.17, 15) is 27.6 Å². The highest BCUT2D eigenvalue weighted by Gasteiger charge is 2.38. The number of aliphatic carboxylic acids is 1. The monoisotopic (exact) mass is 636 g/mol. The van der Waals surface area contributed by atoms with Crippen LogP contribution in [-0.2, 0) is 19.1 Å². The lowest BCUT2D eigenvalue weighted by atomic mass is 10.1. The minimum Gasteiger partial charge on any atom is -0.475 e. The Hall–Kier alpha value is -4.43. The van der Waals surface area contributed by atoms with Crippen LogP contribution in [0.4, 0.5) is 24.5 Å². The van der Waals surface area contributed by atoms with Crippen molar-refractivity contribution in [3.05, 3.63) is 69.7 Å². The molecule has 0 unspecified atom stereocenters. The fourth-order valence-electron chi connectivity index (χ4n) is 3.28. The molecule has 0 atom stereocenters. The minimum absolute atomic E-state index is 0.115. The number of ether oxygens (including phenoxy) is 1. The number of nitrogens with one attached hydrogen (secondary N) is 2. The zero-order valence-corrected chi connectivity index (χ0v) is 24.4. The van der Waals surface area contributed by atoms with Gasteiger partial charge in [-0.25, -0.2) is 9.59 Å². The summed E-state index contributed by atoms with van der Waals surface area (Å²) in [5.41, 5.74) is 2.93. The summed E-state index contributed by atoms with van der Waals surface area (Å²) in [7, 11) is 0. The molecule has 1 aliphatic rings. The zero-order chi connectivity index (χ0) is 31.9. The highest BCUT2D eigenvalue weighted by atomic mass is 35.5. The number of pyridine rings is 1. The lowest BCUT2D eigenvalue weighted by Gasteiger charge is -2.12. The van der Waals surface area contributed by atoms with E-state index in [0.29, 0.717) is 37.6 Å². The van der Waals surface area contributed by atoms with Crippen molar-refractivity contribution in [2.75, 3.05) is 17.2 Å². The van der Waals surface area contributed by atoms with E-state index in [-0.39, 0.29) is 24.3 Å². The normalized spacial score (nSPS) is 13.8. The molecule has 3 aromatic rings. The maximum atomic E-state index is 12.6. The molecule has 0 spiro atoms. The Morgan fingerprint density at radius 3 is 2.47 bits per heavy atom. The van der Waals surface area contributed by atoms with Crippen molar-refractivity contribution in [1.82, 2.24) is 4.98 Å². The van der Waals surface area contributed by atoms with Gasteiger partial charge in [-0.2, -0.15) is 18.2 Å². The number of anilines is 2. The van der Waals surface area contributed by atoms with E-state index in [4.69, 9.17) is 26.2 Å². The molecule has 1 aromatic heterocycles. The van der Waals surface area contributed by atoms with Crippen LogP contribution in [0.5, 0.6) is 0 Å². The van der Waals surface area contributed by atoms with Gasteiger partial charge in [0.25, 0.3) is 5.91 Å². The van der Waals surface area contributed by atoms with Gasteiger partial charge < -0.3 is 20.5 Å². The number of hydrogen-bond donors (Lipinski definition) is 3. The molecule has 15 heteroatoms. The first-order chi connectivity index (χ1) is 20.2. The van der Waals surface area contributed by atoms with Crippen LogP contribution < -0.4 is 10.6 Å². The predicted molar refractivity (Wildman–Crippen MR) is 158 cm³/mol. The first-order valence-electron chi connectivity index (χ1n) is 12.4. The molecule has 226 valence electrons. The summed E-state index contributed by atoms with van der Waals surface area (Å²) in [6, 6.07) is 12.3. The van der Waals surface area contributed by atoms with E-state index in [1.165, 1.54) is 18.0 Å². The average molecular weight is 637 g/mol. The lowest BCUT2D eigenvalue weighted by molar-refractivity contribution is -0.192. The maximum absolute atomic E-state index is 12.6. The van der Waals surface area contributed by atoms with Crippen LogP contribution in [0.2, 0.25) is 5.02 Å². The third-order valence-electron chi connectivity index (χ3n) is 5.38. The van der Waals surface area contributed by atoms with Crippen molar-refractivity contribution in [3.63, 3.8) is 0 Å². The number of carbonyl (C=O) groups excluding carboxylic acids is 3. The topological polar surface area (TPSA) is 147 Å². The molecule has 2 aromatic carbocycles. The SMILES string of the molecule is CCOC(=O)c1cnc2ccc(/C=C3\SC(Nc4cc(NC(=O)C(C)C)ccc4Cl)=NC3=O)cc2c1.O=C(O)C(F)(F)F. The largest absolute Gasteiger partial charge is 0.490 e. The van der Waals surface area contributed by atoms with Crippen LogP contribution in [0, 0.1) is 5.92 Å². The van der Waals surface area contributed by atoms with Crippen LogP contribution in [0.1, 0.15) is 36.7 Å². The Balaban J connectivity index is 0.000000646. The Kier molecular flexibility index (Phi) is 10.9. The smallest absolute Gasteiger partial charge is 0.475 e. The maximum Gasteiger partial charge on any atom is 0.490 e. The molecule has 0 bridgehead atoms. The quantitative estimate of drug-likeness (QED) is 0.207. The summed E-state index contributed by atoms with van der Waals surface area (Å²) in [5.74, 6) is -3.86. The Labute approximate surface area is 252 Å². The van der Waals surface area contributed by atoms with E-state index >= 15 is 0 Å². The van der Waals surface area contributed by atoms with Crippen molar-refractivity contribution < 1.29 is 42.2 Å². The molecular formula is C28H24ClF3N4O6S. The number of nitrogens with zero attached hydrogens (tertiary/aromatic N) is 2. The second-order valence-corrected chi connectivity index (χ2v) is 10.4. The predicted octanol–water partition coefficient (Wildman–Crippen LogP) is 6.38. The lowest BCUT2D eigenvalue weighted by Crippen LogP contribution is -2.21. The van der Waals surface area contributed by atoms with Gasteiger partial charge in [-0.1, -0.05) is 31.5 Å². The van der Waals surface area contributed by atoms with Gasteiger partial charge in [0.15, 0.2) is 5.17 Å². The number of benzene rings is 2. The molecule has 1 aliphatic heterocycles. The first-order valence-corrected chi connectivity index (χ1v) is 13.6. The molecule has 3 N–H and O–H groups in total. The number of aromatic nitrogens is 1. The summed E-state index contributed by atoms with van der Waals surface area (Å²) in [5, 5.41) is 14.5. The number of amidine groups is 1. The Morgan fingerprint density at radius 1 is 1.14 bits per heavy atom. The number of hydrogen-bond acceptors (Lipinski definition) is 8. The number of fused-ring (bicyclic) bond motifs is 1. The minimum atomic E-state index is -5.08. The van der Waals surface area contributed by atoms with Crippen molar-refractivity contribution in [1.29, 1.82) is 0 Å². The van der Waals surface area contributed by atoms with E-state index in [1.807, 2.05) is 18.2 Å². The molecule has 0 fully saturated rings. The van der Waals surface area contributed by atoms with E-state index in [0.717, 1.165) is 10.9 Å². The summed E-state index contributed by atoms with van der Waals surface area (Å²) in [6.07, 6.45) is -1.88. The first kappa shape index (κ1) is 33.1. The summed E-state index contributed by atoms with van der Waals surface area (Å²) >= 11 is 7.49. The Bertz CT molecular complexity index is 1640. The van der Waals surface area contributed by atoms with E-state index < -0.39 is 18.1 Å². The van der Waals surface area contributed by atoms with Gasteiger partial charge in [-0.05, 0) is 66.7 Å². The number of halogens is 4. The van der Waals surface area contributed by atoms with Crippen molar-refractivity contribution in [2.45, 2.75) is 26.9 Å². The van der Waals surface area contributed by atoms with E-state index in [1.54, 1.807) is 51.1 Å². The second-order valence-electron chi connectivity index (χ2n) is 9.00. The fraction of sp³-hybridized carbons (Fsp3) is 0.214. The number of alkyl halides is 3. The molecule has 2 amide bonds. The standard InChI is InChI=1S/C26H23ClN4O4S.C2HF3O2/c1-4-35-25(34)17-11-16-9-15(5-8-20(16)28-13-17)10-22-24(33)31-26(36-22)30-21-12-18(6-7-19(21)27)29-23(32)14(2)3;3-2(4,5)1(6)7/h5-14H,4H2,1-3H3,(H,29,32)(H,30,31,33);(H,6,7)/b22-10-;. The molecule has 43 heavy (non-hydrogen) atoms. The third-order valence-corrected chi connectivity index (χ3v) is 6.61. The number of thioether (sulfide) groups is 1. The van der Waals surface area contributed by atoms with Gasteiger partial charge in [0.2, 0.25) is 5.91 Å². The Morgan fingerprint density at radius 2 is 1.84 bits per heavy atom. The van der Waals surface area contributed by atoms with Crippen molar-refractivity contribution in [2.24, 2.45) is 10.9 Å². The summed E-state index contributed by atoms with van der Waals surface area (Å²) in [4.78, 5) is 54.3. The van der Waals surface area contributed by atoms with Gasteiger partial charge in [0.05, 0.1) is 33.3 Å². The summed E-state index contributed by atoms with van der Waals surface area (Å²) in [6.45, 7) is 5.63. The number of aliphatic imine (C=N–C) groups is 1. The average Bonchev–Trinajstić information content (AvgIpc) is 3.27. The molecule has 0 aliphatic carbocycles. The molecule has 10 nitrogen and oxygen atoms in total. The van der Waals surface area contributed by atoms with Crippen LogP contribution in [-0.4, -0.2) is 51.8 Å². The number of carboxylic acid groups (broad SMARTS) is 1.